The van der Waals surface area contributed by atoms with Crippen molar-refractivity contribution in [3.05, 3.63) is 144 Å². The lowest BCUT2D eigenvalue weighted by Gasteiger charge is -2.43. The molecular formula is C30H32NO2+. The van der Waals surface area contributed by atoms with Crippen molar-refractivity contribution in [3.63, 3.8) is 0 Å². The molecule has 0 aromatic heterocycles. The molecule has 3 nitrogen and oxygen atoms in total. The third-order valence-corrected chi connectivity index (χ3v) is 6.32. The molecule has 4 aromatic rings. The van der Waals surface area contributed by atoms with Crippen LogP contribution < -0.4 is 0 Å². The summed E-state index contributed by atoms with van der Waals surface area (Å²) in [5.74, 6) is 0. The molecule has 0 heterocycles. The summed E-state index contributed by atoms with van der Waals surface area (Å²) in [5, 5.41) is 24.3. The largest absolute Gasteiger partial charge is 0.375 e. The first kappa shape index (κ1) is 22.9. The van der Waals surface area contributed by atoms with Crippen LogP contribution in [0.4, 0.5) is 0 Å². The molecule has 33 heavy (non-hydrogen) atoms. The highest BCUT2D eigenvalue weighted by Crippen LogP contribution is 2.36. The summed E-state index contributed by atoms with van der Waals surface area (Å²) in [6, 6.07) is 39.2. The number of rotatable bonds is 8. The first-order valence-corrected chi connectivity index (χ1v) is 11.3. The van der Waals surface area contributed by atoms with Gasteiger partial charge in [0.05, 0.1) is 14.1 Å². The minimum absolute atomic E-state index is 0.389. The monoisotopic (exact) mass is 438 g/mol. The maximum absolute atomic E-state index is 12.1. The SMILES string of the molecule is C[N+](C)(CC(O)(c1ccccc1)c1ccccc1)CC(O)(c1ccccc1)c1ccccc1. The van der Waals surface area contributed by atoms with Gasteiger partial charge in [0.25, 0.3) is 0 Å². The van der Waals surface area contributed by atoms with E-state index < -0.39 is 11.2 Å². The van der Waals surface area contributed by atoms with Crippen LogP contribution in [0.5, 0.6) is 0 Å². The van der Waals surface area contributed by atoms with E-state index >= 15 is 0 Å². The summed E-state index contributed by atoms with van der Waals surface area (Å²) in [6.07, 6.45) is 0. The van der Waals surface area contributed by atoms with Gasteiger partial charge in [0.1, 0.15) is 13.1 Å². The van der Waals surface area contributed by atoms with Crippen LogP contribution in [0.2, 0.25) is 0 Å². The van der Waals surface area contributed by atoms with Crippen molar-refractivity contribution in [1.29, 1.82) is 0 Å². The van der Waals surface area contributed by atoms with Gasteiger partial charge in [0.15, 0.2) is 11.2 Å². The number of aliphatic hydroxyl groups is 2. The summed E-state index contributed by atoms with van der Waals surface area (Å²) in [7, 11) is 4.13. The molecule has 4 aromatic carbocycles. The van der Waals surface area contributed by atoms with Crippen molar-refractivity contribution in [2.24, 2.45) is 0 Å². The van der Waals surface area contributed by atoms with Gasteiger partial charge in [-0.2, -0.15) is 0 Å². The van der Waals surface area contributed by atoms with E-state index in [9.17, 15) is 10.2 Å². The predicted molar refractivity (Wildman–Crippen MR) is 134 cm³/mol. The second-order valence-electron chi connectivity index (χ2n) is 9.44. The lowest BCUT2D eigenvalue weighted by atomic mass is 9.82. The second-order valence-corrected chi connectivity index (χ2v) is 9.44. The number of quaternary nitrogens is 1. The van der Waals surface area contributed by atoms with Gasteiger partial charge in [0.2, 0.25) is 0 Å². The average molecular weight is 439 g/mol. The number of benzene rings is 4. The molecule has 3 heteroatoms. The average Bonchev–Trinajstić information content (AvgIpc) is 2.85. The van der Waals surface area contributed by atoms with Gasteiger partial charge in [-0.15, -0.1) is 0 Å². The summed E-state index contributed by atoms with van der Waals surface area (Å²) in [6.45, 7) is 0.784. The highest BCUT2D eigenvalue weighted by atomic mass is 16.3. The first-order chi connectivity index (χ1) is 15.8. The van der Waals surface area contributed by atoms with Crippen molar-refractivity contribution in [3.8, 4) is 0 Å². The molecular weight excluding hydrogens is 406 g/mol. The molecule has 0 aliphatic carbocycles. The standard InChI is InChI=1S/C30H32NO2/c1-31(2,23-29(32,25-15-7-3-8-16-25)26-17-9-4-10-18-26)24-30(33,27-19-11-5-12-20-27)28-21-13-6-14-22-28/h3-22,32-33H,23-24H2,1-2H3/q+1. The third-order valence-electron chi connectivity index (χ3n) is 6.32. The van der Waals surface area contributed by atoms with Crippen molar-refractivity contribution in [2.45, 2.75) is 11.2 Å². The van der Waals surface area contributed by atoms with Crippen LogP contribution >= 0.6 is 0 Å². The van der Waals surface area contributed by atoms with Crippen LogP contribution in [0.1, 0.15) is 22.3 Å². The topological polar surface area (TPSA) is 40.5 Å². The third kappa shape index (κ3) is 4.91. The first-order valence-electron chi connectivity index (χ1n) is 11.3. The summed E-state index contributed by atoms with van der Waals surface area (Å²) in [5.41, 5.74) is 0.937. The molecule has 168 valence electrons. The molecule has 0 unspecified atom stereocenters. The van der Waals surface area contributed by atoms with Crippen LogP contribution in [0, 0.1) is 0 Å². The van der Waals surface area contributed by atoms with Gasteiger partial charge in [-0.1, -0.05) is 121 Å². The highest BCUT2D eigenvalue weighted by molar-refractivity contribution is 5.37. The Bertz CT molecular complexity index is 971. The van der Waals surface area contributed by atoms with E-state index in [2.05, 4.69) is 14.1 Å². The minimum Gasteiger partial charge on any atom is -0.375 e. The van der Waals surface area contributed by atoms with Gasteiger partial charge >= 0.3 is 0 Å². The molecule has 0 aliphatic rings. The van der Waals surface area contributed by atoms with Crippen LogP contribution in [0.3, 0.4) is 0 Å². The molecule has 2 N–H and O–H groups in total. The molecule has 0 spiro atoms. The van der Waals surface area contributed by atoms with E-state index in [1.54, 1.807) is 0 Å². The quantitative estimate of drug-likeness (QED) is 0.383. The lowest BCUT2D eigenvalue weighted by molar-refractivity contribution is -0.903. The Morgan fingerprint density at radius 1 is 0.455 bits per heavy atom. The Morgan fingerprint density at radius 3 is 0.879 bits per heavy atom. The van der Waals surface area contributed by atoms with E-state index in [0.717, 1.165) is 22.3 Å². The fraction of sp³-hybridized carbons (Fsp3) is 0.200. The van der Waals surface area contributed by atoms with Gasteiger partial charge in [-0.3, -0.25) is 0 Å². The van der Waals surface area contributed by atoms with Crippen molar-refractivity contribution in [1.82, 2.24) is 0 Å². The summed E-state index contributed by atoms with van der Waals surface area (Å²) in [4.78, 5) is 0. The Hall–Kier alpha value is -3.24. The van der Waals surface area contributed by atoms with E-state index in [0.29, 0.717) is 17.6 Å². The Balaban J connectivity index is 1.75. The molecule has 0 fully saturated rings. The van der Waals surface area contributed by atoms with E-state index in [1.807, 2.05) is 121 Å². The lowest BCUT2D eigenvalue weighted by Crippen LogP contribution is -2.56. The maximum atomic E-state index is 12.1. The van der Waals surface area contributed by atoms with Crippen molar-refractivity contribution < 1.29 is 14.7 Å². The summed E-state index contributed by atoms with van der Waals surface area (Å²) < 4.78 is 0.389. The summed E-state index contributed by atoms with van der Waals surface area (Å²) >= 11 is 0. The molecule has 0 amide bonds. The normalized spacial score (nSPS) is 12.5. The Labute approximate surface area is 196 Å². The molecule has 0 saturated heterocycles. The fourth-order valence-electron chi connectivity index (χ4n) is 4.85. The molecule has 0 bridgehead atoms. The van der Waals surface area contributed by atoms with Crippen molar-refractivity contribution in [2.75, 3.05) is 27.2 Å². The molecule has 0 radical (unpaired) electrons. The number of hydrogen-bond donors (Lipinski definition) is 2. The van der Waals surface area contributed by atoms with Crippen LogP contribution in [0.15, 0.2) is 121 Å². The zero-order valence-corrected chi connectivity index (χ0v) is 19.3. The van der Waals surface area contributed by atoms with E-state index in [-0.39, 0.29) is 0 Å². The fourth-order valence-corrected chi connectivity index (χ4v) is 4.85. The van der Waals surface area contributed by atoms with Gasteiger partial charge in [0, 0.05) is 0 Å². The van der Waals surface area contributed by atoms with E-state index in [1.165, 1.54) is 0 Å². The smallest absolute Gasteiger partial charge is 0.163 e. The zero-order valence-electron chi connectivity index (χ0n) is 19.3. The van der Waals surface area contributed by atoms with Gasteiger partial charge < -0.3 is 14.7 Å². The molecule has 0 saturated carbocycles. The van der Waals surface area contributed by atoms with Gasteiger partial charge in [-0.05, 0) is 22.3 Å². The Morgan fingerprint density at radius 2 is 0.667 bits per heavy atom. The second kappa shape index (κ2) is 9.32. The molecule has 4 rings (SSSR count). The van der Waals surface area contributed by atoms with Gasteiger partial charge in [-0.25, -0.2) is 0 Å². The molecule has 0 atom stereocenters. The molecule has 0 aliphatic heterocycles. The Kier molecular flexibility index (Phi) is 6.48. The van der Waals surface area contributed by atoms with E-state index in [4.69, 9.17) is 0 Å². The number of hydrogen-bond acceptors (Lipinski definition) is 2. The highest BCUT2D eigenvalue weighted by Gasteiger charge is 2.44. The van der Waals surface area contributed by atoms with Crippen LogP contribution in [-0.4, -0.2) is 41.9 Å². The zero-order chi connectivity index (χ0) is 23.4. The predicted octanol–water partition coefficient (Wildman–Crippen LogP) is 4.94. The maximum Gasteiger partial charge on any atom is 0.163 e. The number of likely N-dealkylation sites (N-methyl/N-ethyl adjacent to an activating group) is 1. The number of nitrogens with zero attached hydrogens (tertiary/aromatic N) is 1. The van der Waals surface area contributed by atoms with Crippen LogP contribution in [-0.2, 0) is 11.2 Å². The van der Waals surface area contributed by atoms with Crippen LogP contribution in [0.25, 0.3) is 0 Å². The minimum atomic E-state index is -1.21. The van der Waals surface area contributed by atoms with Crippen molar-refractivity contribution >= 4 is 0 Å².